The predicted molar refractivity (Wildman–Crippen MR) is 130 cm³/mol. The molecule has 10 heteroatoms. The van der Waals surface area contributed by atoms with Crippen molar-refractivity contribution in [3.8, 4) is 17.6 Å². The van der Waals surface area contributed by atoms with Gasteiger partial charge in [-0.2, -0.15) is 5.26 Å². The fourth-order valence-electron chi connectivity index (χ4n) is 3.18. The zero-order chi connectivity index (χ0) is 24.8. The lowest BCUT2D eigenvalue weighted by molar-refractivity contribution is -0.148. The average Bonchev–Trinajstić information content (AvgIpc) is 3.11. The normalized spacial score (nSPS) is 15.3. The van der Waals surface area contributed by atoms with Crippen molar-refractivity contribution in [1.82, 2.24) is 4.90 Å². The van der Waals surface area contributed by atoms with Gasteiger partial charge in [0, 0.05) is 10.0 Å². The third kappa shape index (κ3) is 5.43. The van der Waals surface area contributed by atoms with E-state index in [1.54, 1.807) is 30.3 Å². The number of methoxy groups -OCH3 is 1. The van der Waals surface area contributed by atoms with Gasteiger partial charge in [0.2, 0.25) is 0 Å². The van der Waals surface area contributed by atoms with Gasteiger partial charge in [-0.1, -0.05) is 34.1 Å². The van der Waals surface area contributed by atoms with Crippen molar-refractivity contribution >= 4 is 50.9 Å². The largest absolute Gasteiger partial charge is 0.490 e. The van der Waals surface area contributed by atoms with Crippen molar-refractivity contribution in [1.29, 1.82) is 5.26 Å². The summed E-state index contributed by atoms with van der Waals surface area (Å²) in [6.45, 7) is 3.81. The first-order valence-electron chi connectivity index (χ1n) is 10.2. The number of nitrogens with zero attached hydrogens (tertiary/aromatic N) is 2. The fraction of sp³-hybridized carbons (Fsp3) is 0.250. The Bertz CT molecular complexity index is 1210. The molecule has 1 saturated heterocycles. The van der Waals surface area contributed by atoms with Crippen LogP contribution in [0.4, 0.5) is 4.79 Å². The first kappa shape index (κ1) is 25.3. The third-order valence-electron chi connectivity index (χ3n) is 4.92. The number of nitriles is 1. The maximum absolute atomic E-state index is 12.8. The first-order chi connectivity index (χ1) is 16.3. The smallest absolute Gasteiger partial charge is 0.328 e. The van der Waals surface area contributed by atoms with E-state index in [2.05, 4.69) is 26.7 Å². The molecule has 1 aliphatic heterocycles. The van der Waals surface area contributed by atoms with E-state index in [0.29, 0.717) is 33.7 Å². The summed E-state index contributed by atoms with van der Waals surface area (Å²) in [6, 6.07) is 11.6. The Balaban J connectivity index is 1.89. The molecule has 176 valence electrons. The molecule has 0 aliphatic carbocycles. The van der Waals surface area contributed by atoms with Crippen molar-refractivity contribution in [3.63, 3.8) is 0 Å². The number of esters is 1. The molecule has 2 amide bonds. The van der Waals surface area contributed by atoms with Crippen LogP contribution in [0.25, 0.3) is 6.08 Å². The molecule has 0 saturated carbocycles. The first-order valence-corrected chi connectivity index (χ1v) is 11.8. The van der Waals surface area contributed by atoms with Crippen LogP contribution in [0.2, 0.25) is 0 Å². The predicted octanol–water partition coefficient (Wildman–Crippen LogP) is 4.90. The van der Waals surface area contributed by atoms with E-state index < -0.39 is 23.2 Å². The van der Waals surface area contributed by atoms with Gasteiger partial charge < -0.3 is 14.2 Å². The molecule has 0 bridgehead atoms. The molecule has 1 heterocycles. The van der Waals surface area contributed by atoms with Crippen LogP contribution in [0, 0.1) is 11.3 Å². The minimum atomic E-state index is -1.03. The molecular formula is C24H21BrN2O6S. The minimum absolute atomic E-state index is 0.167. The second-order valence-electron chi connectivity index (χ2n) is 7.06. The third-order valence-corrected chi connectivity index (χ3v) is 6.49. The number of halogens is 1. The maximum atomic E-state index is 12.8. The van der Waals surface area contributed by atoms with E-state index in [0.717, 1.165) is 22.2 Å². The van der Waals surface area contributed by atoms with Crippen LogP contribution in [-0.2, 0) is 20.9 Å². The van der Waals surface area contributed by atoms with Gasteiger partial charge in [0.15, 0.2) is 11.5 Å². The lowest BCUT2D eigenvalue weighted by Gasteiger charge is -2.18. The number of carbonyl (C=O) groups excluding carboxylic acids is 3. The molecule has 0 unspecified atom stereocenters. The van der Waals surface area contributed by atoms with Gasteiger partial charge in [-0.3, -0.25) is 14.5 Å². The van der Waals surface area contributed by atoms with Crippen molar-refractivity contribution < 1.29 is 28.6 Å². The van der Waals surface area contributed by atoms with Gasteiger partial charge in [-0.25, -0.2) is 4.79 Å². The number of thioether (sulfide) groups is 1. The van der Waals surface area contributed by atoms with Crippen LogP contribution in [0.5, 0.6) is 11.5 Å². The van der Waals surface area contributed by atoms with Crippen molar-refractivity contribution in [3.05, 3.63) is 62.5 Å². The highest BCUT2D eigenvalue weighted by atomic mass is 79.9. The summed E-state index contributed by atoms with van der Waals surface area (Å²) >= 11 is 4.23. The number of imide groups is 1. The molecule has 0 spiro atoms. The number of carbonyl (C=O) groups is 3. The molecule has 2 aromatic rings. The van der Waals surface area contributed by atoms with Crippen LogP contribution in [-0.4, -0.2) is 41.8 Å². The summed E-state index contributed by atoms with van der Waals surface area (Å²) in [6.07, 6.45) is 1.55. The van der Waals surface area contributed by atoms with Crippen molar-refractivity contribution in [2.45, 2.75) is 26.5 Å². The molecule has 1 atom stereocenters. The number of ether oxygens (including phenoxy) is 3. The molecule has 1 fully saturated rings. The average molecular weight is 545 g/mol. The number of amides is 2. The number of benzene rings is 2. The quantitative estimate of drug-likeness (QED) is 0.341. The molecule has 2 aromatic carbocycles. The van der Waals surface area contributed by atoms with E-state index in [9.17, 15) is 19.6 Å². The minimum Gasteiger partial charge on any atom is -0.490 e. The Labute approximate surface area is 209 Å². The van der Waals surface area contributed by atoms with Gasteiger partial charge in [0.05, 0.1) is 30.3 Å². The van der Waals surface area contributed by atoms with Crippen LogP contribution >= 0.6 is 27.7 Å². The van der Waals surface area contributed by atoms with Crippen molar-refractivity contribution in [2.24, 2.45) is 0 Å². The van der Waals surface area contributed by atoms with E-state index in [1.165, 1.54) is 14.0 Å². The van der Waals surface area contributed by atoms with E-state index >= 15 is 0 Å². The van der Waals surface area contributed by atoms with Gasteiger partial charge in [-0.15, -0.1) is 0 Å². The van der Waals surface area contributed by atoms with Crippen molar-refractivity contribution in [2.75, 3.05) is 13.7 Å². The molecule has 0 aromatic heterocycles. The summed E-state index contributed by atoms with van der Waals surface area (Å²) in [5.41, 5.74) is 1.85. The second kappa shape index (κ2) is 11.2. The Morgan fingerprint density at radius 1 is 1.24 bits per heavy atom. The highest BCUT2D eigenvalue weighted by Crippen LogP contribution is 2.39. The zero-order valence-electron chi connectivity index (χ0n) is 18.7. The lowest BCUT2D eigenvalue weighted by Crippen LogP contribution is -2.42. The second-order valence-corrected chi connectivity index (χ2v) is 8.91. The Hall–Kier alpha value is -3.29. The van der Waals surface area contributed by atoms with Gasteiger partial charge in [0.1, 0.15) is 12.6 Å². The maximum Gasteiger partial charge on any atom is 0.328 e. The summed E-state index contributed by atoms with van der Waals surface area (Å²) in [4.78, 5) is 38.0. The molecule has 8 nitrogen and oxygen atoms in total. The standard InChI is InChI=1S/C24H21BrN2O6S/c1-4-32-19-9-17(10-21-22(28)27(24(30)34-21)14(2)23(29)31-3)18(25)11-20(19)33-13-16-8-6-5-7-15(16)12-26/h5-11,14H,4,13H2,1-3H3/b21-10+/t14-/m1/s1. The van der Waals surface area contributed by atoms with Gasteiger partial charge in [-0.05, 0) is 55.4 Å². The van der Waals surface area contributed by atoms with E-state index in [-0.39, 0.29) is 11.5 Å². The van der Waals surface area contributed by atoms with Gasteiger partial charge in [0.25, 0.3) is 11.1 Å². The number of rotatable bonds is 8. The van der Waals surface area contributed by atoms with Crippen LogP contribution in [0.1, 0.15) is 30.5 Å². The highest BCUT2D eigenvalue weighted by Gasteiger charge is 2.41. The molecule has 0 radical (unpaired) electrons. The van der Waals surface area contributed by atoms with Crippen LogP contribution < -0.4 is 9.47 Å². The van der Waals surface area contributed by atoms with E-state index in [4.69, 9.17) is 9.47 Å². The molecule has 0 N–H and O–H groups in total. The Morgan fingerprint density at radius 3 is 2.62 bits per heavy atom. The topological polar surface area (TPSA) is 106 Å². The summed E-state index contributed by atoms with van der Waals surface area (Å²) in [7, 11) is 1.20. The van der Waals surface area contributed by atoms with Crippen LogP contribution in [0.3, 0.4) is 0 Å². The molecule has 3 rings (SSSR count). The Morgan fingerprint density at radius 2 is 1.94 bits per heavy atom. The zero-order valence-corrected chi connectivity index (χ0v) is 21.1. The SMILES string of the molecule is CCOc1cc(/C=C2/SC(=O)N([C@H](C)C(=O)OC)C2=O)c(Br)cc1OCc1ccccc1C#N. The lowest BCUT2D eigenvalue weighted by atomic mass is 10.1. The van der Waals surface area contributed by atoms with Gasteiger partial charge >= 0.3 is 5.97 Å². The monoisotopic (exact) mass is 544 g/mol. The number of hydrogen-bond acceptors (Lipinski definition) is 8. The summed E-state index contributed by atoms with van der Waals surface area (Å²) in [5.74, 6) is -0.367. The molecular weight excluding hydrogens is 524 g/mol. The number of hydrogen-bond donors (Lipinski definition) is 0. The molecule has 1 aliphatic rings. The van der Waals surface area contributed by atoms with Crippen LogP contribution in [0.15, 0.2) is 45.8 Å². The highest BCUT2D eigenvalue weighted by molar-refractivity contribution is 9.10. The molecule has 34 heavy (non-hydrogen) atoms. The summed E-state index contributed by atoms with van der Waals surface area (Å²) in [5, 5.41) is 8.73. The fourth-order valence-corrected chi connectivity index (χ4v) is 4.52. The Kier molecular flexibility index (Phi) is 8.36. The van der Waals surface area contributed by atoms with E-state index in [1.807, 2.05) is 19.1 Å². The summed E-state index contributed by atoms with van der Waals surface area (Å²) < 4.78 is 16.9.